The van der Waals surface area contributed by atoms with Gasteiger partial charge in [0.15, 0.2) is 0 Å². The van der Waals surface area contributed by atoms with E-state index in [4.69, 9.17) is 0 Å². The second kappa shape index (κ2) is 6.91. The molecule has 6 rings (SSSR count). The summed E-state index contributed by atoms with van der Waals surface area (Å²) in [4.78, 5) is 18.1. The van der Waals surface area contributed by atoms with Gasteiger partial charge in [0, 0.05) is 18.0 Å². The number of allylic oxidation sites excluding steroid dienone is 2. The Morgan fingerprint density at radius 3 is 2.65 bits per heavy atom. The highest BCUT2D eigenvalue weighted by Gasteiger charge is 2.43. The first-order chi connectivity index (χ1) is 15.2. The van der Waals surface area contributed by atoms with E-state index in [-0.39, 0.29) is 23.7 Å². The summed E-state index contributed by atoms with van der Waals surface area (Å²) in [5, 5.41) is 10.2. The Balaban J connectivity index is 1.53. The third-order valence-corrected chi connectivity index (χ3v) is 6.62. The molecule has 1 aromatic heterocycles. The quantitative estimate of drug-likeness (QED) is 0.508. The zero-order valence-corrected chi connectivity index (χ0v) is 17.2. The molecule has 0 bridgehead atoms. The largest absolute Gasteiger partial charge is 0.328 e. The number of ketones is 1. The Labute approximate surface area is 180 Å². The number of rotatable bonds is 2. The molecule has 152 valence electrons. The minimum Gasteiger partial charge on any atom is -0.328 e. The number of nitrogens with one attached hydrogen (secondary N) is 1. The van der Waals surface area contributed by atoms with Crippen LogP contribution in [0.1, 0.15) is 35.1 Å². The molecule has 0 saturated carbocycles. The SMILES string of the molecule is Cc1ccccc1[C@@H]1C=C2Nc3ncnn3[C@@H](c3cccc4ccccc34)[C@@H]2C(=O)C1. The van der Waals surface area contributed by atoms with Gasteiger partial charge in [0.25, 0.3) is 0 Å². The van der Waals surface area contributed by atoms with Crippen LogP contribution in [0.3, 0.4) is 0 Å². The number of hydrogen-bond acceptors (Lipinski definition) is 4. The Kier molecular flexibility index (Phi) is 4.03. The number of nitrogens with zero attached hydrogens (tertiary/aromatic N) is 3. The second-order valence-corrected chi connectivity index (χ2v) is 8.40. The summed E-state index contributed by atoms with van der Waals surface area (Å²) in [5.74, 6) is 0.673. The fraction of sp³-hybridized carbons (Fsp3) is 0.192. The Hall–Kier alpha value is -3.73. The highest BCUT2D eigenvalue weighted by atomic mass is 16.1. The van der Waals surface area contributed by atoms with Crippen LogP contribution in [0.25, 0.3) is 10.8 Å². The molecule has 1 N–H and O–H groups in total. The number of fused-ring (bicyclic) bond motifs is 3. The molecule has 2 aliphatic rings. The average molecular weight is 406 g/mol. The first-order valence-electron chi connectivity index (χ1n) is 10.6. The van der Waals surface area contributed by atoms with Crippen molar-refractivity contribution in [1.29, 1.82) is 0 Å². The van der Waals surface area contributed by atoms with Crippen molar-refractivity contribution in [2.24, 2.45) is 5.92 Å². The Morgan fingerprint density at radius 2 is 1.74 bits per heavy atom. The topological polar surface area (TPSA) is 59.8 Å². The van der Waals surface area contributed by atoms with Crippen LogP contribution < -0.4 is 5.32 Å². The predicted molar refractivity (Wildman–Crippen MR) is 121 cm³/mol. The molecule has 1 aliphatic heterocycles. The number of carbonyl (C=O) groups is 1. The molecular weight excluding hydrogens is 384 g/mol. The fourth-order valence-corrected chi connectivity index (χ4v) is 5.20. The van der Waals surface area contributed by atoms with E-state index in [1.54, 1.807) is 6.33 Å². The van der Waals surface area contributed by atoms with Gasteiger partial charge in [-0.15, -0.1) is 0 Å². The van der Waals surface area contributed by atoms with E-state index in [1.807, 2.05) is 28.9 Å². The molecule has 3 aromatic carbocycles. The zero-order chi connectivity index (χ0) is 20.9. The third-order valence-electron chi connectivity index (χ3n) is 6.62. The van der Waals surface area contributed by atoms with Crippen LogP contribution in [-0.2, 0) is 4.79 Å². The molecule has 0 radical (unpaired) electrons. The maximum absolute atomic E-state index is 13.6. The highest BCUT2D eigenvalue weighted by Crippen LogP contribution is 2.45. The lowest BCUT2D eigenvalue weighted by molar-refractivity contribution is -0.123. The van der Waals surface area contributed by atoms with E-state index < -0.39 is 0 Å². The molecule has 4 aromatic rings. The van der Waals surface area contributed by atoms with Gasteiger partial charge in [0.05, 0.1) is 12.0 Å². The summed E-state index contributed by atoms with van der Waals surface area (Å²) >= 11 is 0. The third kappa shape index (κ3) is 2.81. The van der Waals surface area contributed by atoms with Gasteiger partial charge >= 0.3 is 0 Å². The van der Waals surface area contributed by atoms with Gasteiger partial charge in [0.1, 0.15) is 12.1 Å². The van der Waals surface area contributed by atoms with Crippen molar-refractivity contribution in [3.8, 4) is 0 Å². The summed E-state index contributed by atoms with van der Waals surface area (Å²) < 4.78 is 1.87. The molecular formula is C26H22N4O. The monoisotopic (exact) mass is 406 g/mol. The van der Waals surface area contributed by atoms with Crippen LogP contribution in [0, 0.1) is 12.8 Å². The molecule has 0 saturated heterocycles. The molecule has 31 heavy (non-hydrogen) atoms. The van der Waals surface area contributed by atoms with Crippen molar-refractivity contribution in [1.82, 2.24) is 14.8 Å². The van der Waals surface area contributed by atoms with Crippen molar-refractivity contribution in [2.75, 3.05) is 5.32 Å². The summed E-state index contributed by atoms with van der Waals surface area (Å²) in [6.07, 6.45) is 4.28. The number of aromatic nitrogens is 3. The van der Waals surface area contributed by atoms with E-state index in [0.29, 0.717) is 12.4 Å². The molecule has 0 spiro atoms. The molecule has 0 unspecified atom stereocenters. The summed E-state index contributed by atoms with van der Waals surface area (Å²) in [6, 6.07) is 22.7. The van der Waals surface area contributed by atoms with Crippen molar-refractivity contribution >= 4 is 22.5 Å². The maximum atomic E-state index is 13.6. The summed E-state index contributed by atoms with van der Waals surface area (Å²) in [7, 11) is 0. The predicted octanol–water partition coefficient (Wildman–Crippen LogP) is 5.01. The van der Waals surface area contributed by atoms with Crippen molar-refractivity contribution in [3.63, 3.8) is 0 Å². The number of anilines is 1. The number of benzene rings is 3. The second-order valence-electron chi connectivity index (χ2n) is 8.40. The molecule has 5 heteroatoms. The zero-order valence-electron chi connectivity index (χ0n) is 17.2. The molecule has 0 fully saturated rings. The van der Waals surface area contributed by atoms with E-state index in [9.17, 15) is 4.79 Å². The van der Waals surface area contributed by atoms with Crippen LogP contribution in [0.15, 0.2) is 84.8 Å². The lowest BCUT2D eigenvalue weighted by Gasteiger charge is -2.38. The molecule has 1 aliphatic carbocycles. The normalized spacial score (nSPS) is 22.4. The van der Waals surface area contributed by atoms with E-state index in [1.165, 1.54) is 11.1 Å². The van der Waals surface area contributed by atoms with Gasteiger partial charge in [-0.25, -0.2) is 4.68 Å². The highest BCUT2D eigenvalue weighted by molar-refractivity contribution is 5.91. The van der Waals surface area contributed by atoms with Crippen LogP contribution in [0.4, 0.5) is 5.95 Å². The maximum Gasteiger partial charge on any atom is 0.226 e. The standard InChI is InChI=1S/C26H22N4O/c1-16-7-2-4-10-19(16)18-13-22-24(23(31)14-18)25(30-26(29-22)27-15-28-30)21-12-6-9-17-8-3-5-11-20(17)21/h2-13,15,18,24-25H,14H2,1H3,(H,27,28,29)/t18-,24+,25+/m1/s1. The number of hydrogen-bond donors (Lipinski definition) is 1. The first-order valence-corrected chi connectivity index (χ1v) is 10.6. The van der Waals surface area contributed by atoms with Crippen LogP contribution in [-0.4, -0.2) is 20.5 Å². The minimum absolute atomic E-state index is 0.0649. The Morgan fingerprint density at radius 1 is 0.968 bits per heavy atom. The van der Waals surface area contributed by atoms with E-state index in [0.717, 1.165) is 22.0 Å². The molecule has 3 atom stereocenters. The van der Waals surface area contributed by atoms with Crippen LogP contribution >= 0.6 is 0 Å². The summed E-state index contributed by atoms with van der Waals surface area (Å²) in [5.41, 5.74) is 4.45. The first kappa shape index (κ1) is 18.1. The van der Waals surface area contributed by atoms with Gasteiger partial charge in [-0.2, -0.15) is 10.1 Å². The number of carbonyl (C=O) groups excluding carboxylic acids is 1. The van der Waals surface area contributed by atoms with Gasteiger partial charge in [-0.05, 0) is 34.4 Å². The number of Topliss-reactive ketones (excluding diaryl/α,β-unsaturated/α-hetero) is 1. The van der Waals surface area contributed by atoms with Gasteiger partial charge in [0.2, 0.25) is 5.95 Å². The van der Waals surface area contributed by atoms with Crippen molar-refractivity contribution in [2.45, 2.75) is 25.3 Å². The Bertz CT molecular complexity index is 1350. The van der Waals surface area contributed by atoms with Crippen LogP contribution in [0.5, 0.6) is 0 Å². The van der Waals surface area contributed by atoms with Gasteiger partial charge in [-0.3, -0.25) is 4.79 Å². The van der Waals surface area contributed by atoms with Crippen LogP contribution in [0.2, 0.25) is 0 Å². The summed E-state index contributed by atoms with van der Waals surface area (Å²) in [6.45, 7) is 2.11. The van der Waals surface area contributed by atoms with Crippen molar-refractivity contribution < 1.29 is 4.79 Å². The smallest absolute Gasteiger partial charge is 0.226 e. The average Bonchev–Trinajstić information content (AvgIpc) is 3.26. The molecule has 5 nitrogen and oxygen atoms in total. The molecule has 2 heterocycles. The molecule has 0 amide bonds. The minimum atomic E-state index is -0.305. The lowest BCUT2D eigenvalue weighted by Crippen LogP contribution is -2.40. The van der Waals surface area contributed by atoms with Gasteiger partial charge < -0.3 is 5.32 Å². The van der Waals surface area contributed by atoms with Crippen molar-refractivity contribution in [3.05, 3.63) is 102 Å². The fourth-order valence-electron chi connectivity index (χ4n) is 5.20. The van der Waals surface area contributed by atoms with E-state index >= 15 is 0 Å². The van der Waals surface area contributed by atoms with E-state index in [2.05, 4.69) is 70.9 Å². The van der Waals surface area contributed by atoms with Gasteiger partial charge in [-0.1, -0.05) is 72.8 Å². The number of aryl methyl sites for hydroxylation is 1. The lowest BCUT2D eigenvalue weighted by atomic mass is 9.74.